The van der Waals surface area contributed by atoms with Gasteiger partial charge in [-0.2, -0.15) is 0 Å². The van der Waals surface area contributed by atoms with Gasteiger partial charge in [0.15, 0.2) is 0 Å². The fraction of sp³-hybridized carbons (Fsp3) is 1.00. The Labute approximate surface area is 52.0 Å². The molecule has 0 fully saturated rings. The van der Waals surface area contributed by atoms with Gasteiger partial charge in [-0.25, -0.2) is 0 Å². The van der Waals surface area contributed by atoms with Crippen LogP contribution in [0.15, 0.2) is 0 Å². The molecule has 3 unspecified atom stereocenters. The van der Waals surface area contributed by atoms with Crippen molar-refractivity contribution in [1.29, 1.82) is 0 Å². The molecule has 0 aromatic carbocycles. The maximum atomic E-state index is 4.91. The van der Waals surface area contributed by atoms with Gasteiger partial charge in [0.1, 0.15) is 0 Å². The average molecular weight is 176 g/mol. The van der Waals surface area contributed by atoms with E-state index in [9.17, 15) is 0 Å². The second kappa shape index (κ2) is 3.66. The van der Waals surface area contributed by atoms with Crippen molar-refractivity contribution >= 4 is 33.1 Å². The molecule has 0 saturated heterocycles. The van der Waals surface area contributed by atoms with Crippen LogP contribution in [0.25, 0.3) is 0 Å². The summed E-state index contributed by atoms with van der Waals surface area (Å²) in [6.45, 7) is 0. The Hall–Kier alpha value is 1.68. The quantitative estimate of drug-likeness (QED) is 0.582. The van der Waals surface area contributed by atoms with Crippen molar-refractivity contribution in [2.24, 2.45) is 0 Å². The summed E-state index contributed by atoms with van der Waals surface area (Å²) in [5.74, 6) is 0. The third kappa shape index (κ3) is 7.68. The van der Waals surface area contributed by atoms with Crippen LogP contribution in [0.4, 0.5) is 0 Å². The van der Waals surface area contributed by atoms with E-state index in [0.717, 1.165) is 6.35 Å². The van der Waals surface area contributed by atoms with Gasteiger partial charge in [-0.15, -0.1) is 0 Å². The van der Waals surface area contributed by atoms with Crippen molar-refractivity contribution in [3.63, 3.8) is 0 Å². The first kappa shape index (κ1) is 8.68. The Morgan fingerprint density at radius 3 is 1.86 bits per heavy atom. The van der Waals surface area contributed by atoms with Gasteiger partial charge in [0.2, 0.25) is 0 Å². The number of methoxy groups -OCH3 is 1. The van der Waals surface area contributed by atoms with E-state index < -0.39 is 6.33 Å². The Morgan fingerprint density at radius 1 is 1.43 bits per heavy atom. The van der Waals surface area contributed by atoms with Crippen LogP contribution >= 0.6 is 33.1 Å². The number of rotatable bonds is 2. The van der Waals surface area contributed by atoms with E-state index in [2.05, 4.69) is 26.8 Å². The molecule has 46 valence electrons. The van der Waals surface area contributed by atoms with Crippen molar-refractivity contribution in [1.82, 2.24) is 0 Å². The summed E-state index contributed by atoms with van der Waals surface area (Å²) in [7, 11) is 10.1. The van der Waals surface area contributed by atoms with Crippen LogP contribution in [0.1, 0.15) is 0 Å². The SMILES string of the molecule is COC[PH](P)(P)P. The molecule has 0 radical (unpaired) electrons. The number of hydrogen-bond acceptors (Lipinski definition) is 1. The van der Waals surface area contributed by atoms with Crippen LogP contribution in [0, 0.1) is 0 Å². The van der Waals surface area contributed by atoms with Crippen molar-refractivity contribution in [3.05, 3.63) is 0 Å². The van der Waals surface area contributed by atoms with Gasteiger partial charge in [-0.3, -0.25) is 0 Å². The second-order valence-corrected chi connectivity index (χ2v) is 19.7. The summed E-state index contributed by atoms with van der Waals surface area (Å²) in [6.07, 6.45) is -0.261. The van der Waals surface area contributed by atoms with Crippen LogP contribution in [-0.2, 0) is 4.74 Å². The van der Waals surface area contributed by atoms with Crippen molar-refractivity contribution in [3.8, 4) is 0 Å². The van der Waals surface area contributed by atoms with Gasteiger partial charge in [0, 0.05) is 0 Å². The fourth-order valence-electron chi connectivity index (χ4n) is 0.250. The van der Waals surface area contributed by atoms with Gasteiger partial charge in [-0.1, -0.05) is 0 Å². The third-order valence-corrected chi connectivity index (χ3v) is 2.68. The molecule has 0 aromatic heterocycles. The molecule has 5 heteroatoms. The Bertz CT molecular complexity index is 48.1. The van der Waals surface area contributed by atoms with E-state index in [1.54, 1.807) is 7.11 Å². The molecular weight excluding hydrogens is 164 g/mol. The molecule has 0 spiro atoms. The molecule has 0 bridgehead atoms. The molecule has 0 amide bonds. The van der Waals surface area contributed by atoms with Crippen LogP contribution in [0.5, 0.6) is 0 Å². The molecular formula is C2H12OP4. The summed E-state index contributed by atoms with van der Waals surface area (Å²) in [4.78, 5) is 0. The topological polar surface area (TPSA) is 9.23 Å². The monoisotopic (exact) mass is 176 g/mol. The van der Waals surface area contributed by atoms with Crippen LogP contribution in [0.2, 0.25) is 0 Å². The first-order valence-electron chi connectivity index (χ1n) is 1.92. The molecule has 7 heavy (non-hydrogen) atoms. The van der Waals surface area contributed by atoms with Gasteiger partial charge < -0.3 is 0 Å². The van der Waals surface area contributed by atoms with E-state index in [0.29, 0.717) is 0 Å². The minimum atomic E-state index is -1.13. The summed E-state index contributed by atoms with van der Waals surface area (Å²) in [5.41, 5.74) is 0. The Morgan fingerprint density at radius 2 is 1.86 bits per heavy atom. The standard InChI is InChI=1S/C2H12OP4/c1-3-2-7(4,5)6/h7H,2,4-6H2,1H3. The maximum absolute atomic E-state index is 4.91. The predicted octanol–water partition coefficient (Wildman–Crippen LogP) is 1.71. The zero-order valence-electron chi connectivity index (χ0n) is 4.35. The zero-order valence-corrected chi connectivity index (χ0v) is 8.81. The summed E-state index contributed by atoms with van der Waals surface area (Å²) >= 11 is 0. The van der Waals surface area contributed by atoms with Crippen LogP contribution in [-0.4, -0.2) is 13.5 Å². The number of ether oxygens (including phenoxy) is 1. The van der Waals surface area contributed by atoms with Gasteiger partial charge >= 0.3 is 51.3 Å². The van der Waals surface area contributed by atoms with Crippen LogP contribution in [0.3, 0.4) is 0 Å². The van der Waals surface area contributed by atoms with Crippen molar-refractivity contribution in [2.75, 3.05) is 13.5 Å². The molecule has 0 heterocycles. The molecule has 0 aliphatic rings. The summed E-state index contributed by atoms with van der Waals surface area (Å²) < 4.78 is 4.91. The van der Waals surface area contributed by atoms with E-state index in [1.807, 2.05) is 0 Å². The summed E-state index contributed by atoms with van der Waals surface area (Å²) in [5, 5.41) is 0. The Kier molecular flexibility index (Phi) is 4.54. The minimum absolute atomic E-state index is 0.868. The number of hydrogen-bond donors (Lipinski definition) is 0. The fourth-order valence-corrected chi connectivity index (χ4v) is 2.25. The van der Waals surface area contributed by atoms with Gasteiger partial charge in [0.25, 0.3) is 0 Å². The molecule has 1 nitrogen and oxygen atoms in total. The summed E-state index contributed by atoms with van der Waals surface area (Å²) in [6, 6.07) is 0. The second-order valence-electron chi connectivity index (χ2n) is 1.55. The van der Waals surface area contributed by atoms with E-state index in [1.165, 1.54) is 0 Å². The van der Waals surface area contributed by atoms with Crippen LogP contribution < -0.4 is 0 Å². The molecule has 0 aliphatic heterocycles. The third-order valence-electron chi connectivity index (χ3n) is 0.394. The first-order chi connectivity index (χ1) is 3.06. The molecule has 3 atom stereocenters. The Balaban J connectivity index is 3.15. The van der Waals surface area contributed by atoms with E-state index in [4.69, 9.17) is 4.74 Å². The molecule has 0 N–H and O–H groups in total. The van der Waals surface area contributed by atoms with Gasteiger partial charge in [-0.05, 0) is 0 Å². The predicted molar refractivity (Wildman–Crippen MR) is 49.3 cm³/mol. The molecule has 0 saturated carbocycles. The molecule has 0 aromatic rings. The normalized spacial score (nSPS) is 14.3. The average Bonchev–Trinajstić information content (AvgIpc) is 1.30. The zero-order chi connectivity index (χ0) is 5.91. The molecule has 0 rings (SSSR count). The van der Waals surface area contributed by atoms with E-state index >= 15 is 0 Å². The molecule has 0 aliphatic carbocycles. The van der Waals surface area contributed by atoms with Gasteiger partial charge in [0.05, 0.1) is 0 Å². The van der Waals surface area contributed by atoms with E-state index in [-0.39, 0.29) is 0 Å². The van der Waals surface area contributed by atoms with Crippen molar-refractivity contribution < 1.29 is 4.74 Å². The first-order valence-corrected chi connectivity index (χ1v) is 9.55. The van der Waals surface area contributed by atoms with Crippen molar-refractivity contribution in [2.45, 2.75) is 0 Å².